The largest absolute Gasteiger partial charge is 0.508 e. The van der Waals surface area contributed by atoms with Crippen LogP contribution in [0.1, 0.15) is 30.1 Å². The minimum absolute atomic E-state index is 0.0237. The van der Waals surface area contributed by atoms with Crippen molar-refractivity contribution in [3.63, 3.8) is 0 Å². The van der Waals surface area contributed by atoms with Crippen molar-refractivity contribution in [1.82, 2.24) is 15.0 Å². The second kappa shape index (κ2) is 16.5. The number of nitrogens with zero attached hydrogens (tertiary/aromatic N) is 4. The highest BCUT2D eigenvalue weighted by Crippen LogP contribution is 2.51. The molecule has 5 atom stereocenters. The zero-order chi connectivity index (χ0) is 41.3. The van der Waals surface area contributed by atoms with Crippen molar-refractivity contribution in [3.05, 3.63) is 199 Å². The van der Waals surface area contributed by atoms with Crippen molar-refractivity contribution in [2.45, 2.75) is 31.5 Å². The minimum Gasteiger partial charge on any atom is -0.508 e. The highest BCUT2D eigenvalue weighted by molar-refractivity contribution is 6.32. The maximum absolute atomic E-state index is 11.0. The Morgan fingerprint density at radius 2 is 1.41 bits per heavy atom. The van der Waals surface area contributed by atoms with E-state index in [-0.39, 0.29) is 11.8 Å². The molecule has 0 saturated carbocycles. The van der Waals surface area contributed by atoms with Gasteiger partial charge in [-0.05, 0) is 64.1 Å². The van der Waals surface area contributed by atoms with E-state index in [0.717, 1.165) is 64.6 Å². The first-order valence-electron chi connectivity index (χ1n) is 21.1. The van der Waals surface area contributed by atoms with Crippen LogP contribution in [0, 0.1) is 11.8 Å². The van der Waals surface area contributed by atoms with E-state index in [0.29, 0.717) is 34.3 Å². The fourth-order valence-electron chi connectivity index (χ4n) is 10.1. The van der Waals surface area contributed by atoms with Gasteiger partial charge in [0.2, 0.25) is 5.88 Å². The number of phenols is 1. The zero-order valence-corrected chi connectivity index (χ0v) is 34.6. The predicted octanol–water partition coefficient (Wildman–Crippen LogP) is 12.8. The highest BCUT2D eigenvalue weighted by atomic mass is 35.5. The van der Waals surface area contributed by atoms with Crippen molar-refractivity contribution in [2.24, 2.45) is 11.8 Å². The van der Waals surface area contributed by atoms with Crippen molar-refractivity contribution in [2.75, 3.05) is 13.1 Å². The number of aromatic hydroxyl groups is 1. The predicted molar refractivity (Wildman–Crippen MR) is 246 cm³/mol. The summed E-state index contributed by atoms with van der Waals surface area (Å²) >= 11 is 7.24. The van der Waals surface area contributed by atoms with Gasteiger partial charge in [0.25, 0.3) is 0 Å². The summed E-state index contributed by atoms with van der Waals surface area (Å²) in [4.78, 5) is 14.8. The normalized spacial score (nSPS) is 20.0. The quantitative estimate of drug-likeness (QED) is 0.0800. The number of hydrogen-bond donors (Lipinski definition) is 1. The second-order valence-electron chi connectivity index (χ2n) is 16.5. The number of piperidine rings is 3. The molecule has 0 amide bonds. The average Bonchev–Trinajstić information content (AvgIpc) is 3.31. The van der Waals surface area contributed by atoms with Crippen LogP contribution in [0.5, 0.6) is 11.6 Å². The van der Waals surface area contributed by atoms with Crippen LogP contribution in [0.25, 0.3) is 55.7 Å². The van der Waals surface area contributed by atoms with E-state index in [1.165, 1.54) is 27.8 Å². The van der Waals surface area contributed by atoms with E-state index >= 15 is 0 Å². The lowest BCUT2D eigenvalue weighted by Gasteiger charge is -2.58. The maximum atomic E-state index is 11.0. The molecule has 2 bridgehead atoms. The first-order chi connectivity index (χ1) is 30.0. The molecule has 61 heavy (non-hydrogen) atoms. The van der Waals surface area contributed by atoms with Gasteiger partial charge in [-0.25, -0.2) is 4.98 Å². The van der Waals surface area contributed by atoms with Crippen LogP contribution in [0.15, 0.2) is 183 Å². The number of benzene rings is 6. The van der Waals surface area contributed by atoms with Crippen LogP contribution in [0.2, 0.25) is 5.15 Å². The fraction of sp³-hybridized carbons (Fsp3) is 0.167. The molecule has 5 heterocycles. The third kappa shape index (κ3) is 7.47. The summed E-state index contributed by atoms with van der Waals surface area (Å²) in [5.74, 6) is 1.86. The summed E-state index contributed by atoms with van der Waals surface area (Å²) in [7, 11) is 0. The van der Waals surface area contributed by atoms with Gasteiger partial charge in [-0.1, -0.05) is 151 Å². The van der Waals surface area contributed by atoms with Gasteiger partial charge < -0.3 is 14.3 Å². The Balaban J connectivity index is 1.19. The van der Waals surface area contributed by atoms with Gasteiger partial charge in [-0.2, -0.15) is 4.98 Å². The van der Waals surface area contributed by atoms with E-state index in [2.05, 4.69) is 97.6 Å². The van der Waals surface area contributed by atoms with Crippen molar-refractivity contribution in [1.29, 1.82) is 0 Å². The van der Waals surface area contributed by atoms with Crippen LogP contribution in [0.3, 0.4) is 0 Å². The summed E-state index contributed by atoms with van der Waals surface area (Å²) in [5, 5.41) is 12.1. The van der Waals surface area contributed by atoms with E-state index in [1.807, 2.05) is 79.0 Å². The van der Waals surface area contributed by atoms with Gasteiger partial charge in [0.05, 0.1) is 24.2 Å². The maximum Gasteiger partial charge on any atom is 0.227 e. The van der Waals surface area contributed by atoms with Gasteiger partial charge in [0.1, 0.15) is 23.5 Å². The molecule has 11 rings (SSSR count). The van der Waals surface area contributed by atoms with E-state index < -0.39 is 6.10 Å². The van der Waals surface area contributed by atoms with Crippen LogP contribution in [-0.4, -0.2) is 43.7 Å². The topological polar surface area (TPSA) is 68.1 Å². The Morgan fingerprint density at radius 3 is 2.11 bits per heavy atom. The fourth-order valence-corrected chi connectivity index (χ4v) is 10.3. The minimum atomic E-state index is -0.518. The molecule has 1 N–H and O–H groups in total. The summed E-state index contributed by atoms with van der Waals surface area (Å²) < 4.78 is 8.40. The van der Waals surface area contributed by atoms with E-state index in [4.69, 9.17) is 31.3 Å². The number of aromatic nitrogens is 3. The number of ether oxygens (including phenoxy) is 1. The number of quaternary nitrogens is 1. The number of rotatable bonds is 11. The SMILES string of the molecule is C=C[C@H]1C[N@+]2(Cc3cc(-c4ccccc4)ccc3-c3ccccc3)CC[C@H]1C[C@H]2[C@H](Oc1nc(-c2ccccc2)nc(Cl)c1-c1ccccc1)c1ccnc2ccc(O)cc12. The molecule has 3 aliphatic rings. The van der Waals surface area contributed by atoms with E-state index in [1.54, 1.807) is 6.07 Å². The average molecular weight is 818 g/mol. The lowest BCUT2D eigenvalue weighted by atomic mass is 9.70. The van der Waals surface area contributed by atoms with Gasteiger partial charge in [0.15, 0.2) is 11.9 Å². The van der Waals surface area contributed by atoms with Crippen LogP contribution in [-0.2, 0) is 6.54 Å². The lowest BCUT2D eigenvalue weighted by molar-refractivity contribution is -0.984. The number of halogens is 1. The van der Waals surface area contributed by atoms with E-state index in [9.17, 15) is 5.11 Å². The Bertz CT molecular complexity index is 2840. The summed E-state index contributed by atoms with van der Waals surface area (Å²) in [6.07, 6.45) is 5.52. The molecule has 0 radical (unpaired) electrons. The number of hydrogen-bond acceptors (Lipinski definition) is 5. The number of fused-ring (bicyclic) bond motifs is 4. The molecule has 6 nitrogen and oxygen atoms in total. The van der Waals surface area contributed by atoms with Gasteiger partial charge in [-0.15, -0.1) is 6.58 Å². The molecular weight excluding hydrogens is 772 g/mol. The Labute approximate surface area is 362 Å². The molecule has 3 fully saturated rings. The molecule has 2 aromatic heterocycles. The molecule has 8 aromatic rings. The Hall–Kier alpha value is -6.60. The summed E-state index contributed by atoms with van der Waals surface area (Å²) in [6, 6.07) is 55.7. The third-order valence-corrected chi connectivity index (χ3v) is 13.3. The first-order valence-corrected chi connectivity index (χ1v) is 21.5. The number of pyridine rings is 1. The molecule has 6 aromatic carbocycles. The van der Waals surface area contributed by atoms with Crippen molar-refractivity contribution >= 4 is 22.5 Å². The summed E-state index contributed by atoms with van der Waals surface area (Å²) in [6.45, 7) is 7.07. The molecule has 0 aliphatic carbocycles. The molecule has 7 heteroatoms. The van der Waals surface area contributed by atoms with Crippen LogP contribution < -0.4 is 4.74 Å². The number of phenolic OH excluding ortho intramolecular Hbond substituents is 1. The lowest BCUT2D eigenvalue weighted by Crippen LogP contribution is -2.68. The zero-order valence-electron chi connectivity index (χ0n) is 33.8. The van der Waals surface area contributed by atoms with Crippen LogP contribution >= 0.6 is 11.6 Å². The van der Waals surface area contributed by atoms with Crippen molar-refractivity contribution in [3.8, 4) is 56.4 Å². The Kier molecular flexibility index (Phi) is 10.4. The molecule has 3 aliphatic heterocycles. The monoisotopic (exact) mass is 817 g/mol. The molecule has 0 unspecified atom stereocenters. The van der Waals surface area contributed by atoms with Gasteiger partial charge >= 0.3 is 0 Å². The standard InChI is InChI=1S/C54H45ClN4O2/c1-2-36-34-59(35-43-31-41(37-15-7-3-8-16-37)23-25-45(43)38-17-9-4-10-18-38)30-28-42(36)32-49(59)51(46-27-29-56-48-26-24-44(60)33-47(46)48)61-54-50(39-19-11-5-12-20-39)52(55)57-53(58-54)40-21-13-6-14-22-40/h2-27,29,31,33,36,42,49,51H,1,28,30,32,34-35H2/p+1/t36-,42-,49-,51+,59-/m0/s1. The molecule has 3 saturated heterocycles. The summed E-state index contributed by atoms with van der Waals surface area (Å²) in [5.41, 5.74) is 10.2. The molecular formula is C54H46ClN4O2+. The molecule has 300 valence electrons. The van der Waals surface area contributed by atoms with Crippen molar-refractivity contribution < 1.29 is 14.3 Å². The molecule has 0 spiro atoms. The smallest absolute Gasteiger partial charge is 0.227 e. The van der Waals surface area contributed by atoms with Gasteiger partial charge in [0, 0.05) is 47.0 Å². The van der Waals surface area contributed by atoms with Gasteiger partial charge in [-0.3, -0.25) is 4.98 Å². The van der Waals surface area contributed by atoms with Crippen LogP contribution in [0.4, 0.5) is 0 Å². The Morgan fingerprint density at radius 1 is 0.738 bits per heavy atom. The highest BCUT2D eigenvalue weighted by Gasteiger charge is 2.55. The first kappa shape index (κ1) is 38.6. The third-order valence-electron chi connectivity index (χ3n) is 13.0. The second-order valence-corrected chi connectivity index (χ2v) is 16.9.